The van der Waals surface area contributed by atoms with Gasteiger partial charge in [-0.2, -0.15) is 0 Å². The number of hydrogen-bond donors (Lipinski definition) is 1. The first kappa shape index (κ1) is 24.2. The van der Waals surface area contributed by atoms with Crippen LogP contribution in [0.2, 0.25) is 0 Å². The molecular weight excluding hydrogens is 384 g/mol. The third kappa shape index (κ3) is 6.46. The normalized spacial score (nSPS) is 26.3. The van der Waals surface area contributed by atoms with Crippen LogP contribution in [0.25, 0.3) is 0 Å². The summed E-state index contributed by atoms with van der Waals surface area (Å²) >= 11 is 0. The number of unbranched alkanes of at least 4 members (excludes halogenated alkanes) is 5. The molecule has 30 heavy (non-hydrogen) atoms. The average Bonchev–Trinajstić information content (AvgIpc) is 3.08. The summed E-state index contributed by atoms with van der Waals surface area (Å²) in [4.78, 5) is 48.0. The molecule has 2 saturated carbocycles. The van der Waals surface area contributed by atoms with Crippen molar-refractivity contribution in [2.45, 2.75) is 64.2 Å². The van der Waals surface area contributed by atoms with Gasteiger partial charge in [0.15, 0.2) is 0 Å². The van der Waals surface area contributed by atoms with Gasteiger partial charge >= 0.3 is 5.97 Å². The highest BCUT2D eigenvalue weighted by Crippen LogP contribution is 2.48. The SMILES string of the molecule is COC(=O)CCCC=CC[C@@H]1[C@@H](C=CCCCCCCO)[C@H]2C[C@H]1C(=O)C(=O)C2=O. The zero-order valence-corrected chi connectivity index (χ0v) is 17.9. The largest absolute Gasteiger partial charge is 0.469 e. The van der Waals surface area contributed by atoms with Crippen LogP contribution in [0.3, 0.4) is 0 Å². The fourth-order valence-electron chi connectivity index (χ4n) is 4.63. The van der Waals surface area contributed by atoms with Gasteiger partial charge < -0.3 is 9.84 Å². The molecule has 6 nitrogen and oxygen atoms in total. The van der Waals surface area contributed by atoms with Gasteiger partial charge in [-0.25, -0.2) is 0 Å². The summed E-state index contributed by atoms with van der Waals surface area (Å²) in [6.45, 7) is 0.225. The van der Waals surface area contributed by atoms with Gasteiger partial charge in [-0.1, -0.05) is 37.1 Å². The van der Waals surface area contributed by atoms with E-state index in [4.69, 9.17) is 5.11 Å². The molecule has 2 rings (SSSR count). The molecule has 2 aliphatic rings. The first-order valence-corrected chi connectivity index (χ1v) is 11.1. The van der Waals surface area contributed by atoms with E-state index in [1.165, 1.54) is 7.11 Å². The van der Waals surface area contributed by atoms with Crippen molar-refractivity contribution in [3.05, 3.63) is 24.3 Å². The van der Waals surface area contributed by atoms with Crippen LogP contribution in [0.4, 0.5) is 0 Å². The highest BCUT2D eigenvalue weighted by Gasteiger charge is 2.55. The number of esters is 1. The molecule has 0 amide bonds. The van der Waals surface area contributed by atoms with E-state index in [1.54, 1.807) is 0 Å². The van der Waals surface area contributed by atoms with Crippen LogP contribution < -0.4 is 0 Å². The molecule has 0 unspecified atom stereocenters. The van der Waals surface area contributed by atoms with Crippen LogP contribution in [0.1, 0.15) is 64.2 Å². The molecule has 2 aliphatic carbocycles. The van der Waals surface area contributed by atoms with E-state index in [0.717, 1.165) is 38.5 Å². The number of carbonyl (C=O) groups is 4. The van der Waals surface area contributed by atoms with Gasteiger partial charge in [-0.15, -0.1) is 0 Å². The molecule has 6 heteroatoms. The van der Waals surface area contributed by atoms with Crippen molar-refractivity contribution in [3.63, 3.8) is 0 Å². The van der Waals surface area contributed by atoms with E-state index in [0.29, 0.717) is 25.7 Å². The molecule has 0 heterocycles. The number of Topliss-reactive ketones (excluding diaryl/α,β-unsaturated/α-hetero) is 3. The minimum Gasteiger partial charge on any atom is -0.469 e. The molecule has 0 aliphatic heterocycles. The molecule has 4 atom stereocenters. The Morgan fingerprint density at radius 2 is 1.67 bits per heavy atom. The molecule has 0 spiro atoms. The molecule has 0 radical (unpaired) electrons. The Morgan fingerprint density at radius 1 is 0.967 bits per heavy atom. The third-order valence-corrected chi connectivity index (χ3v) is 6.30. The van der Waals surface area contributed by atoms with Crippen molar-refractivity contribution < 1.29 is 29.0 Å². The van der Waals surface area contributed by atoms with Crippen molar-refractivity contribution >= 4 is 23.3 Å². The summed E-state index contributed by atoms with van der Waals surface area (Å²) in [5, 5.41) is 8.82. The number of ketones is 3. The van der Waals surface area contributed by atoms with Crippen LogP contribution >= 0.6 is 0 Å². The van der Waals surface area contributed by atoms with Crippen LogP contribution in [-0.2, 0) is 23.9 Å². The van der Waals surface area contributed by atoms with Gasteiger partial charge in [-0.3, -0.25) is 19.2 Å². The lowest BCUT2D eigenvalue weighted by Gasteiger charge is -2.19. The molecule has 0 aromatic carbocycles. The number of hydrogen-bond acceptors (Lipinski definition) is 6. The van der Waals surface area contributed by atoms with Crippen molar-refractivity contribution in [2.75, 3.05) is 13.7 Å². The smallest absolute Gasteiger partial charge is 0.305 e. The Kier molecular flexibility index (Phi) is 10.1. The highest BCUT2D eigenvalue weighted by molar-refractivity contribution is 6.65. The summed E-state index contributed by atoms with van der Waals surface area (Å²) in [5.74, 6) is -2.91. The van der Waals surface area contributed by atoms with Crippen molar-refractivity contribution in [3.8, 4) is 0 Å². The van der Waals surface area contributed by atoms with E-state index in [1.807, 2.05) is 12.2 Å². The van der Waals surface area contributed by atoms with Crippen molar-refractivity contribution in [1.82, 2.24) is 0 Å². The monoisotopic (exact) mass is 418 g/mol. The van der Waals surface area contributed by atoms with Crippen molar-refractivity contribution in [2.24, 2.45) is 23.7 Å². The lowest BCUT2D eigenvalue weighted by molar-refractivity contribution is -0.149. The van der Waals surface area contributed by atoms with E-state index in [2.05, 4.69) is 16.9 Å². The lowest BCUT2D eigenvalue weighted by Crippen LogP contribution is -2.38. The Morgan fingerprint density at radius 3 is 2.40 bits per heavy atom. The standard InChI is InChI=1S/C24H34O6/c1-30-21(26)14-10-6-5-9-13-18-17(12-8-4-2-3-7-11-15-25)19-16-20(18)23(28)24(29)22(19)27/h5,8-9,12,17-20,25H,2-4,6-7,10-11,13-16H2,1H3/t17-,18-,19-,20-/m1/s1. The first-order chi connectivity index (χ1) is 14.5. The second-order valence-corrected chi connectivity index (χ2v) is 8.28. The van der Waals surface area contributed by atoms with Gasteiger partial charge in [0.1, 0.15) is 0 Å². The minimum absolute atomic E-state index is 0.0274. The Balaban J connectivity index is 1.94. The molecule has 2 fully saturated rings. The summed E-state index contributed by atoms with van der Waals surface area (Å²) in [6, 6.07) is 0. The summed E-state index contributed by atoms with van der Waals surface area (Å²) < 4.78 is 4.62. The molecule has 0 saturated heterocycles. The molecule has 166 valence electrons. The van der Waals surface area contributed by atoms with Crippen LogP contribution in [0.15, 0.2) is 24.3 Å². The molecular formula is C24H34O6. The highest BCUT2D eigenvalue weighted by atomic mass is 16.5. The Bertz CT molecular complexity index is 677. The van der Waals surface area contributed by atoms with E-state index in [-0.39, 0.29) is 36.2 Å². The summed E-state index contributed by atoms with van der Waals surface area (Å²) in [6.07, 6.45) is 15.9. The predicted molar refractivity (Wildman–Crippen MR) is 113 cm³/mol. The predicted octanol–water partition coefficient (Wildman–Crippen LogP) is 3.36. The zero-order chi connectivity index (χ0) is 21.9. The van der Waals surface area contributed by atoms with Gasteiger partial charge in [0.05, 0.1) is 7.11 Å². The Labute approximate surface area is 178 Å². The number of ether oxygens (including phenoxy) is 1. The maximum absolute atomic E-state index is 12.4. The minimum atomic E-state index is -0.816. The number of methoxy groups -OCH3 is 1. The molecule has 0 aromatic rings. The molecule has 1 N–H and O–H groups in total. The number of aliphatic hydroxyl groups excluding tert-OH is 1. The zero-order valence-electron chi connectivity index (χ0n) is 17.9. The van der Waals surface area contributed by atoms with E-state index < -0.39 is 17.3 Å². The second-order valence-electron chi connectivity index (χ2n) is 8.28. The van der Waals surface area contributed by atoms with Crippen LogP contribution in [0, 0.1) is 23.7 Å². The quantitative estimate of drug-likeness (QED) is 0.213. The number of allylic oxidation sites excluding steroid dienone is 4. The molecule has 0 aromatic heterocycles. The van der Waals surface area contributed by atoms with Crippen LogP contribution in [-0.4, -0.2) is 42.1 Å². The fourth-order valence-corrected chi connectivity index (χ4v) is 4.63. The lowest BCUT2D eigenvalue weighted by atomic mass is 9.83. The first-order valence-electron chi connectivity index (χ1n) is 11.1. The van der Waals surface area contributed by atoms with E-state index in [9.17, 15) is 19.2 Å². The van der Waals surface area contributed by atoms with Crippen molar-refractivity contribution in [1.29, 1.82) is 0 Å². The maximum Gasteiger partial charge on any atom is 0.305 e. The summed E-state index contributed by atoms with van der Waals surface area (Å²) in [7, 11) is 1.37. The van der Waals surface area contributed by atoms with E-state index >= 15 is 0 Å². The fraction of sp³-hybridized carbons (Fsp3) is 0.667. The number of carbonyl (C=O) groups excluding carboxylic acids is 4. The summed E-state index contributed by atoms with van der Waals surface area (Å²) in [5.41, 5.74) is 0. The Hall–Kier alpha value is -2.08. The third-order valence-electron chi connectivity index (χ3n) is 6.30. The van der Waals surface area contributed by atoms with Gasteiger partial charge in [0.2, 0.25) is 11.6 Å². The topological polar surface area (TPSA) is 97.7 Å². The maximum atomic E-state index is 12.4. The van der Waals surface area contributed by atoms with Gasteiger partial charge in [0.25, 0.3) is 5.78 Å². The van der Waals surface area contributed by atoms with Gasteiger partial charge in [-0.05, 0) is 56.8 Å². The number of rotatable bonds is 13. The second kappa shape index (κ2) is 12.6. The van der Waals surface area contributed by atoms with Gasteiger partial charge in [0, 0.05) is 24.9 Å². The average molecular weight is 419 g/mol. The number of fused-ring (bicyclic) bond motifs is 2. The molecule has 2 bridgehead atoms. The number of aliphatic hydroxyl groups is 1. The van der Waals surface area contributed by atoms with Crippen LogP contribution in [0.5, 0.6) is 0 Å².